The van der Waals surface area contributed by atoms with Crippen LogP contribution in [0.25, 0.3) is 0 Å². The molecule has 7 heteroatoms. The number of hydrogen-bond donors (Lipinski definition) is 2. The molecule has 0 aliphatic rings. The van der Waals surface area contributed by atoms with E-state index < -0.39 is 0 Å². The average Bonchev–Trinajstić information content (AvgIpc) is 3.20. The smallest absolute Gasteiger partial charge is 0.213 e. The number of ether oxygens (including phenoxy) is 2. The molecular weight excluding hydrogens is 380 g/mol. The van der Waals surface area contributed by atoms with Gasteiger partial charge in [0.1, 0.15) is 5.76 Å². The van der Waals surface area contributed by atoms with Crippen LogP contribution in [0.5, 0.6) is 0 Å². The van der Waals surface area contributed by atoms with Crippen LogP contribution in [-0.4, -0.2) is 37.3 Å². The first-order chi connectivity index (χ1) is 14.4. The van der Waals surface area contributed by atoms with E-state index >= 15 is 0 Å². The summed E-state index contributed by atoms with van der Waals surface area (Å²) in [5.41, 5.74) is 2.21. The van der Waals surface area contributed by atoms with E-state index in [0.717, 1.165) is 29.4 Å². The maximum absolute atomic E-state index is 5.84. The number of aromatic nitrogens is 1. The first-order valence-corrected chi connectivity index (χ1v) is 10.6. The summed E-state index contributed by atoms with van der Waals surface area (Å²) in [5.74, 6) is 2.25. The van der Waals surface area contributed by atoms with Crippen LogP contribution >= 0.6 is 0 Å². The van der Waals surface area contributed by atoms with Gasteiger partial charge in [0, 0.05) is 18.6 Å². The minimum Gasteiger partial charge on any atom is -0.443 e. The Kier molecular flexibility index (Phi) is 9.83. The number of rotatable bonds is 11. The number of oxazole rings is 1. The van der Waals surface area contributed by atoms with Crippen molar-refractivity contribution in [1.82, 2.24) is 15.6 Å². The lowest BCUT2D eigenvalue weighted by Crippen LogP contribution is -2.36. The van der Waals surface area contributed by atoms with Crippen LogP contribution in [0.4, 0.5) is 0 Å². The van der Waals surface area contributed by atoms with Crippen molar-refractivity contribution >= 4 is 5.96 Å². The van der Waals surface area contributed by atoms with Crippen LogP contribution in [0, 0.1) is 0 Å². The monoisotopic (exact) mass is 416 g/mol. The summed E-state index contributed by atoms with van der Waals surface area (Å²) in [6.45, 7) is 14.7. The van der Waals surface area contributed by atoms with Gasteiger partial charge in [-0.15, -0.1) is 0 Å². The van der Waals surface area contributed by atoms with Gasteiger partial charge in [0.2, 0.25) is 5.89 Å². The standard InChI is InChI=1S/C23H36N4O3/c1-6-24-22(27-16-21-25-15-20(30-21)23(3,4)5)26-14-18-9-8-10-19(13-18)17-29-12-11-28-7-2/h8-10,13,15H,6-7,11-12,14,16-17H2,1-5H3,(H2,24,26,27). The largest absolute Gasteiger partial charge is 0.443 e. The third-order valence-corrected chi connectivity index (χ3v) is 4.30. The number of aliphatic imine (C=N–C) groups is 1. The molecule has 0 saturated heterocycles. The molecule has 0 unspecified atom stereocenters. The van der Waals surface area contributed by atoms with Gasteiger partial charge in [-0.2, -0.15) is 0 Å². The summed E-state index contributed by atoms with van der Waals surface area (Å²) in [4.78, 5) is 9.04. The van der Waals surface area contributed by atoms with E-state index in [4.69, 9.17) is 13.9 Å². The Morgan fingerprint density at radius 2 is 1.87 bits per heavy atom. The molecule has 0 fully saturated rings. The van der Waals surface area contributed by atoms with E-state index in [0.29, 0.717) is 45.4 Å². The Balaban J connectivity index is 1.89. The lowest BCUT2D eigenvalue weighted by molar-refractivity contribution is 0.0453. The van der Waals surface area contributed by atoms with Crippen molar-refractivity contribution in [1.29, 1.82) is 0 Å². The Hall–Kier alpha value is -2.38. The van der Waals surface area contributed by atoms with Gasteiger partial charge in [0.25, 0.3) is 0 Å². The fraction of sp³-hybridized carbons (Fsp3) is 0.565. The van der Waals surface area contributed by atoms with Crippen LogP contribution in [-0.2, 0) is 34.6 Å². The van der Waals surface area contributed by atoms with Crippen molar-refractivity contribution in [3.63, 3.8) is 0 Å². The molecular formula is C23H36N4O3. The molecule has 166 valence electrons. The van der Waals surface area contributed by atoms with Crippen LogP contribution in [0.2, 0.25) is 0 Å². The van der Waals surface area contributed by atoms with E-state index in [1.165, 1.54) is 0 Å². The highest BCUT2D eigenvalue weighted by Gasteiger charge is 2.19. The summed E-state index contributed by atoms with van der Waals surface area (Å²) in [7, 11) is 0. The van der Waals surface area contributed by atoms with Crippen molar-refractivity contribution in [2.75, 3.05) is 26.4 Å². The van der Waals surface area contributed by atoms with Crippen LogP contribution in [0.15, 0.2) is 39.9 Å². The highest BCUT2D eigenvalue weighted by atomic mass is 16.5. The second-order valence-electron chi connectivity index (χ2n) is 7.99. The van der Waals surface area contributed by atoms with E-state index in [-0.39, 0.29) is 5.41 Å². The van der Waals surface area contributed by atoms with Crippen LogP contribution in [0.1, 0.15) is 57.4 Å². The summed E-state index contributed by atoms with van der Waals surface area (Å²) in [6, 6.07) is 8.29. The van der Waals surface area contributed by atoms with Crippen molar-refractivity contribution in [3.8, 4) is 0 Å². The molecule has 2 N–H and O–H groups in total. The maximum Gasteiger partial charge on any atom is 0.213 e. The third kappa shape index (κ3) is 8.55. The quantitative estimate of drug-likeness (QED) is 0.330. The van der Waals surface area contributed by atoms with Crippen molar-refractivity contribution < 1.29 is 13.9 Å². The molecule has 0 saturated carbocycles. The molecule has 0 atom stereocenters. The molecule has 1 aromatic carbocycles. The van der Waals surface area contributed by atoms with Gasteiger partial charge in [0.05, 0.1) is 39.1 Å². The molecule has 0 bridgehead atoms. The van der Waals surface area contributed by atoms with Crippen molar-refractivity contribution in [2.45, 2.75) is 59.7 Å². The number of hydrogen-bond acceptors (Lipinski definition) is 5. The minimum atomic E-state index is -0.0540. The minimum absolute atomic E-state index is 0.0540. The predicted molar refractivity (Wildman–Crippen MR) is 119 cm³/mol. The number of nitrogens with zero attached hydrogens (tertiary/aromatic N) is 2. The molecule has 0 aliphatic carbocycles. The molecule has 1 heterocycles. The fourth-order valence-electron chi connectivity index (χ4n) is 2.68. The molecule has 30 heavy (non-hydrogen) atoms. The van der Waals surface area contributed by atoms with Gasteiger partial charge < -0.3 is 24.5 Å². The third-order valence-electron chi connectivity index (χ3n) is 4.30. The molecule has 0 amide bonds. The van der Waals surface area contributed by atoms with Crippen LogP contribution in [0.3, 0.4) is 0 Å². The van der Waals surface area contributed by atoms with Crippen LogP contribution < -0.4 is 10.6 Å². The molecule has 7 nitrogen and oxygen atoms in total. The van der Waals surface area contributed by atoms with Gasteiger partial charge in [0.15, 0.2) is 5.96 Å². The first kappa shape index (κ1) is 23.9. The second-order valence-corrected chi connectivity index (χ2v) is 7.99. The van der Waals surface area contributed by atoms with E-state index in [1.54, 1.807) is 6.20 Å². The topological polar surface area (TPSA) is 80.9 Å². The highest BCUT2D eigenvalue weighted by molar-refractivity contribution is 5.79. The lowest BCUT2D eigenvalue weighted by atomic mass is 9.94. The highest BCUT2D eigenvalue weighted by Crippen LogP contribution is 2.22. The zero-order valence-electron chi connectivity index (χ0n) is 19.0. The van der Waals surface area contributed by atoms with Crippen molar-refractivity contribution in [2.24, 2.45) is 4.99 Å². The SMILES string of the molecule is CCNC(=NCc1cccc(COCCOCC)c1)NCc1ncc(C(C)(C)C)o1. The molecule has 0 spiro atoms. The summed E-state index contributed by atoms with van der Waals surface area (Å²) in [6.07, 6.45) is 1.79. The number of nitrogens with one attached hydrogen (secondary N) is 2. The molecule has 1 aromatic heterocycles. The van der Waals surface area contributed by atoms with E-state index in [2.05, 4.69) is 59.6 Å². The van der Waals surface area contributed by atoms with E-state index in [9.17, 15) is 0 Å². The molecule has 0 aliphatic heterocycles. The summed E-state index contributed by atoms with van der Waals surface area (Å²) in [5, 5.41) is 6.54. The molecule has 2 rings (SSSR count). The zero-order chi connectivity index (χ0) is 21.8. The Morgan fingerprint density at radius 1 is 1.10 bits per heavy atom. The Labute approximate surface area is 180 Å². The molecule has 2 aromatic rings. The number of guanidine groups is 1. The Morgan fingerprint density at radius 3 is 2.57 bits per heavy atom. The normalized spacial score (nSPS) is 12.2. The fourth-order valence-corrected chi connectivity index (χ4v) is 2.68. The van der Waals surface area contributed by atoms with Gasteiger partial charge in [-0.1, -0.05) is 45.0 Å². The lowest BCUT2D eigenvalue weighted by Gasteiger charge is -2.13. The Bertz CT molecular complexity index is 781. The molecule has 0 radical (unpaired) electrons. The summed E-state index contributed by atoms with van der Waals surface area (Å²) < 4.78 is 16.8. The van der Waals surface area contributed by atoms with Crippen molar-refractivity contribution in [3.05, 3.63) is 53.2 Å². The predicted octanol–water partition coefficient (Wildman–Crippen LogP) is 3.78. The van der Waals surface area contributed by atoms with Gasteiger partial charge in [-0.25, -0.2) is 9.98 Å². The second kappa shape index (κ2) is 12.3. The maximum atomic E-state index is 5.84. The number of benzene rings is 1. The van der Waals surface area contributed by atoms with Gasteiger partial charge >= 0.3 is 0 Å². The van der Waals surface area contributed by atoms with Gasteiger partial charge in [-0.05, 0) is 25.0 Å². The zero-order valence-corrected chi connectivity index (χ0v) is 19.0. The summed E-state index contributed by atoms with van der Waals surface area (Å²) >= 11 is 0. The average molecular weight is 417 g/mol. The van der Waals surface area contributed by atoms with E-state index in [1.807, 2.05) is 19.9 Å². The first-order valence-electron chi connectivity index (χ1n) is 10.6. The van der Waals surface area contributed by atoms with Gasteiger partial charge in [-0.3, -0.25) is 0 Å².